The normalized spacial score (nSPS) is 13.2. The Hall–Kier alpha value is -1.94. The van der Waals surface area contributed by atoms with E-state index in [0.717, 1.165) is 16.0 Å². The standard InChI is InChI=1S/C15H15NO2S/c1-12-6-5-9-14(10-12)19(18)11-15(16-17)13-7-3-2-4-8-13/h2-10,17H,11H2,1H3/b16-15-. The number of hydrogen-bond donors (Lipinski definition) is 1. The van der Waals surface area contributed by atoms with Crippen molar-refractivity contribution in [1.82, 2.24) is 0 Å². The second kappa shape index (κ2) is 6.29. The summed E-state index contributed by atoms with van der Waals surface area (Å²) in [6, 6.07) is 16.8. The predicted molar refractivity (Wildman–Crippen MR) is 77.2 cm³/mol. The Bertz CT molecular complexity index is 609. The van der Waals surface area contributed by atoms with E-state index in [4.69, 9.17) is 5.21 Å². The van der Waals surface area contributed by atoms with Gasteiger partial charge in [0.1, 0.15) is 0 Å². The van der Waals surface area contributed by atoms with Gasteiger partial charge in [0.2, 0.25) is 0 Å². The van der Waals surface area contributed by atoms with Crippen molar-refractivity contribution in [3.8, 4) is 0 Å². The van der Waals surface area contributed by atoms with Crippen LogP contribution in [-0.2, 0) is 10.8 Å². The Morgan fingerprint density at radius 3 is 2.53 bits per heavy atom. The van der Waals surface area contributed by atoms with Crippen LogP contribution in [0, 0.1) is 6.92 Å². The summed E-state index contributed by atoms with van der Waals surface area (Å²) in [7, 11) is -1.21. The molecule has 0 saturated heterocycles. The molecular weight excluding hydrogens is 258 g/mol. The van der Waals surface area contributed by atoms with Crippen LogP contribution < -0.4 is 0 Å². The van der Waals surface area contributed by atoms with Gasteiger partial charge in [-0.25, -0.2) is 0 Å². The van der Waals surface area contributed by atoms with Crippen molar-refractivity contribution >= 4 is 16.5 Å². The molecule has 4 heteroatoms. The first-order valence-electron chi connectivity index (χ1n) is 5.92. The first-order valence-corrected chi connectivity index (χ1v) is 7.24. The molecule has 1 atom stereocenters. The van der Waals surface area contributed by atoms with Crippen LogP contribution >= 0.6 is 0 Å². The van der Waals surface area contributed by atoms with Gasteiger partial charge in [0.25, 0.3) is 0 Å². The Morgan fingerprint density at radius 2 is 1.89 bits per heavy atom. The van der Waals surface area contributed by atoms with Crippen LogP contribution in [0.15, 0.2) is 64.6 Å². The van der Waals surface area contributed by atoms with Gasteiger partial charge in [-0.15, -0.1) is 0 Å². The summed E-state index contributed by atoms with van der Waals surface area (Å²) < 4.78 is 12.3. The quantitative estimate of drug-likeness (QED) is 0.529. The highest BCUT2D eigenvalue weighted by Crippen LogP contribution is 2.11. The third-order valence-corrected chi connectivity index (χ3v) is 4.06. The molecule has 1 unspecified atom stereocenters. The number of aryl methyl sites for hydroxylation is 1. The second-order valence-corrected chi connectivity index (χ2v) is 5.67. The highest BCUT2D eigenvalue weighted by molar-refractivity contribution is 7.85. The SMILES string of the molecule is Cc1cccc(S(=O)C/C(=N/O)c2ccccc2)c1. The van der Waals surface area contributed by atoms with E-state index < -0.39 is 10.8 Å². The maximum atomic E-state index is 12.3. The molecule has 0 saturated carbocycles. The summed E-state index contributed by atoms with van der Waals surface area (Å²) >= 11 is 0. The minimum Gasteiger partial charge on any atom is -0.411 e. The Labute approximate surface area is 115 Å². The average Bonchev–Trinajstić information content (AvgIpc) is 2.45. The maximum absolute atomic E-state index is 12.3. The van der Waals surface area contributed by atoms with E-state index in [2.05, 4.69) is 5.16 Å². The van der Waals surface area contributed by atoms with Crippen molar-refractivity contribution in [2.45, 2.75) is 11.8 Å². The lowest BCUT2D eigenvalue weighted by atomic mass is 10.1. The monoisotopic (exact) mass is 273 g/mol. The van der Waals surface area contributed by atoms with Crippen LogP contribution in [0.1, 0.15) is 11.1 Å². The first kappa shape index (κ1) is 13.5. The van der Waals surface area contributed by atoms with Gasteiger partial charge in [0.15, 0.2) is 0 Å². The molecular formula is C15H15NO2S. The van der Waals surface area contributed by atoms with Gasteiger partial charge < -0.3 is 5.21 Å². The molecule has 0 radical (unpaired) electrons. The number of rotatable bonds is 4. The fraction of sp³-hybridized carbons (Fsp3) is 0.133. The molecule has 2 aromatic carbocycles. The molecule has 0 aromatic heterocycles. The van der Waals surface area contributed by atoms with Crippen molar-refractivity contribution in [3.63, 3.8) is 0 Å². The van der Waals surface area contributed by atoms with Crippen LogP contribution in [0.5, 0.6) is 0 Å². The zero-order chi connectivity index (χ0) is 13.7. The highest BCUT2D eigenvalue weighted by atomic mass is 32.2. The molecule has 2 aromatic rings. The molecule has 0 aliphatic carbocycles. The number of oxime groups is 1. The molecule has 0 aliphatic rings. The minimum absolute atomic E-state index is 0.198. The Kier molecular flexibility index (Phi) is 4.47. The Morgan fingerprint density at radius 1 is 1.16 bits per heavy atom. The molecule has 98 valence electrons. The van der Waals surface area contributed by atoms with E-state index in [1.807, 2.05) is 61.5 Å². The summed E-state index contributed by atoms with van der Waals surface area (Å²) in [5, 5.41) is 12.4. The molecule has 0 heterocycles. The molecule has 3 nitrogen and oxygen atoms in total. The van der Waals surface area contributed by atoms with Crippen LogP contribution in [0.25, 0.3) is 0 Å². The third-order valence-electron chi connectivity index (χ3n) is 2.75. The molecule has 1 N–H and O–H groups in total. The molecule has 19 heavy (non-hydrogen) atoms. The summed E-state index contributed by atoms with van der Waals surface area (Å²) in [6.45, 7) is 1.96. The third kappa shape index (κ3) is 3.51. The van der Waals surface area contributed by atoms with E-state index >= 15 is 0 Å². The van der Waals surface area contributed by atoms with E-state index in [0.29, 0.717) is 5.71 Å². The van der Waals surface area contributed by atoms with Crippen LogP contribution in [0.3, 0.4) is 0 Å². The van der Waals surface area contributed by atoms with Crippen molar-refractivity contribution in [1.29, 1.82) is 0 Å². The fourth-order valence-electron chi connectivity index (χ4n) is 1.76. The average molecular weight is 273 g/mol. The van der Waals surface area contributed by atoms with E-state index in [-0.39, 0.29) is 5.75 Å². The summed E-state index contributed by atoms with van der Waals surface area (Å²) in [5.41, 5.74) is 2.28. The summed E-state index contributed by atoms with van der Waals surface area (Å²) in [5.74, 6) is 0.198. The van der Waals surface area contributed by atoms with Crippen LogP contribution in [-0.4, -0.2) is 20.9 Å². The Balaban J connectivity index is 2.18. The highest BCUT2D eigenvalue weighted by Gasteiger charge is 2.11. The molecule has 0 spiro atoms. The molecule has 2 rings (SSSR count). The summed E-state index contributed by atoms with van der Waals surface area (Å²) in [4.78, 5) is 0.747. The maximum Gasteiger partial charge on any atom is 0.0996 e. The molecule has 0 aliphatic heterocycles. The first-order chi connectivity index (χ1) is 9.20. The predicted octanol–water partition coefficient (Wildman–Crippen LogP) is 2.98. The number of hydrogen-bond acceptors (Lipinski definition) is 3. The number of nitrogens with zero attached hydrogens (tertiary/aromatic N) is 1. The van der Waals surface area contributed by atoms with E-state index in [9.17, 15) is 4.21 Å². The largest absolute Gasteiger partial charge is 0.411 e. The summed E-state index contributed by atoms with van der Waals surface area (Å²) in [6.07, 6.45) is 0. The van der Waals surface area contributed by atoms with Crippen molar-refractivity contribution in [2.75, 3.05) is 5.75 Å². The molecule has 0 bridgehead atoms. The van der Waals surface area contributed by atoms with Crippen molar-refractivity contribution in [3.05, 3.63) is 65.7 Å². The van der Waals surface area contributed by atoms with Crippen molar-refractivity contribution in [2.24, 2.45) is 5.16 Å². The van der Waals surface area contributed by atoms with Gasteiger partial charge in [-0.3, -0.25) is 4.21 Å². The van der Waals surface area contributed by atoms with E-state index in [1.165, 1.54) is 0 Å². The van der Waals surface area contributed by atoms with Crippen LogP contribution in [0.4, 0.5) is 0 Å². The molecule has 0 fully saturated rings. The van der Waals surface area contributed by atoms with Gasteiger partial charge in [0, 0.05) is 10.5 Å². The zero-order valence-corrected chi connectivity index (χ0v) is 11.4. The van der Waals surface area contributed by atoms with Gasteiger partial charge in [-0.05, 0) is 24.6 Å². The van der Waals surface area contributed by atoms with Gasteiger partial charge in [-0.2, -0.15) is 0 Å². The van der Waals surface area contributed by atoms with Crippen LogP contribution in [0.2, 0.25) is 0 Å². The fourth-order valence-corrected chi connectivity index (χ4v) is 2.95. The van der Waals surface area contributed by atoms with Crippen molar-refractivity contribution < 1.29 is 9.42 Å². The smallest absolute Gasteiger partial charge is 0.0996 e. The minimum atomic E-state index is -1.21. The lowest BCUT2D eigenvalue weighted by Gasteiger charge is -2.05. The lowest BCUT2D eigenvalue weighted by molar-refractivity contribution is 0.319. The second-order valence-electron chi connectivity index (χ2n) is 4.22. The lowest BCUT2D eigenvalue weighted by Crippen LogP contribution is -2.12. The van der Waals surface area contributed by atoms with Gasteiger partial charge in [0.05, 0.1) is 22.3 Å². The topological polar surface area (TPSA) is 49.7 Å². The van der Waals surface area contributed by atoms with Gasteiger partial charge in [-0.1, -0.05) is 47.6 Å². The molecule has 0 amide bonds. The van der Waals surface area contributed by atoms with E-state index in [1.54, 1.807) is 0 Å². The number of benzene rings is 2. The zero-order valence-electron chi connectivity index (χ0n) is 10.6. The van der Waals surface area contributed by atoms with Gasteiger partial charge >= 0.3 is 0 Å².